The van der Waals surface area contributed by atoms with Crippen molar-refractivity contribution in [3.05, 3.63) is 47.9 Å². The maximum Gasteiger partial charge on any atom is 0.193 e. The summed E-state index contributed by atoms with van der Waals surface area (Å²) >= 11 is 0. The summed E-state index contributed by atoms with van der Waals surface area (Å²) in [7, 11) is 5.78. The van der Waals surface area contributed by atoms with Crippen LogP contribution in [0.25, 0.3) is 10.8 Å². The number of nitrogens with two attached hydrogens (primary N) is 1. The van der Waals surface area contributed by atoms with Gasteiger partial charge in [0.25, 0.3) is 0 Å². The van der Waals surface area contributed by atoms with Crippen molar-refractivity contribution in [2.45, 2.75) is 171 Å². The van der Waals surface area contributed by atoms with E-state index in [1.165, 1.54) is 54.2 Å². The fourth-order valence-electron chi connectivity index (χ4n) is 15.0. The van der Waals surface area contributed by atoms with Crippen molar-refractivity contribution in [2.24, 2.45) is 62.1 Å². The van der Waals surface area contributed by atoms with E-state index in [1.807, 2.05) is 41.2 Å². The molecule has 2 saturated heterocycles. The van der Waals surface area contributed by atoms with Gasteiger partial charge >= 0.3 is 0 Å². The third-order valence-corrected chi connectivity index (χ3v) is 20.4. The van der Waals surface area contributed by atoms with Gasteiger partial charge in [0.05, 0.1) is 41.8 Å². The second-order valence-electron chi connectivity index (χ2n) is 22.1. The number of ether oxygens (including phenoxy) is 1. The molecule has 2 aliphatic heterocycles. The molecule has 0 unspecified atom stereocenters. The van der Waals surface area contributed by atoms with E-state index in [4.69, 9.17) is 26.5 Å². The van der Waals surface area contributed by atoms with Gasteiger partial charge in [-0.15, -0.1) is 0 Å². The second-order valence-corrected chi connectivity index (χ2v) is 24.6. The number of nitrogens with one attached hydrogen (secondary N) is 3. The zero-order valence-corrected chi connectivity index (χ0v) is 39.3. The van der Waals surface area contributed by atoms with Gasteiger partial charge in [0.2, 0.25) is 0 Å². The second kappa shape index (κ2) is 17.1. The number of aryl methyl sites for hydroxylation is 1. The van der Waals surface area contributed by atoms with Gasteiger partial charge in [-0.3, -0.25) is 4.99 Å². The van der Waals surface area contributed by atoms with Crippen molar-refractivity contribution in [1.82, 2.24) is 16.0 Å². The van der Waals surface area contributed by atoms with Crippen LogP contribution in [-0.2, 0) is 17.6 Å². The Bertz CT molecular complexity index is 2040. The van der Waals surface area contributed by atoms with Crippen molar-refractivity contribution >= 4 is 44.3 Å². The number of benzene rings is 1. The average Bonchev–Trinajstić information content (AvgIpc) is 3.54. The third kappa shape index (κ3) is 8.36. The molecule has 7 fully saturated rings. The van der Waals surface area contributed by atoms with Crippen molar-refractivity contribution in [3.8, 4) is 0 Å². The standard InChI is InChI=1S/C50H74N6O4S2/c1-30-22-49(17-12-31(23-49)13-18-50(58)15-6-9-37(57)24-50)44-48(3,60-44)16-14-41-39(30)25-47(41,2)42-20-34-19-35(42)28-61-62-29-53-46(52-4)56-43(34)55-45(51)54-36-8-5-7-32-10-11-33-26-59-27-40(33)38(32)21-36/h10-11,26-27,31,34-37,39,41-44,57-58H,1,5-9,12-25,28-29H2,2-4H3,(H3,51,54,55)(H2,52,53,56)/t31-,34-,35-,36+,37+,39+,41+,42+,43-,44+,47-,48+,49+,50+/m0/s1. The molecule has 0 amide bonds. The zero-order valence-electron chi connectivity index (χ0n) is 37.6. The van der Waals surface area contributed by atoms with E-state index in [0.717, 1.165) is 106 Å². The van der Waals surface area contributed by atoms with Crippen LogP contribution in [0.2, 0.25) is 0 Å². The summed E-state index contributed by atoms with van der Waals surface area (Å²) in [6.07, 6.45) is 23.2. The van der Waals surface area contributed by atoms with Crippen LogP contribution < -0.4 is 21.7 Å². The lowest BCUT2D eigenvalue weighted by Crippen LogP contribution is -2.53. The molecule has 12 heteroatoms. The monoisotopic (exact) mass is 887 g/mol. The lowest BCUT2D eigenvalue weighted by Gasteiger charge is -2.59. The number of furan rings is 1. The highest BCUT2D eigenvalue weighted by Crippen LogP contribution is 2.70. The Morgan fingerprint density at radius 2 is 1.90 bits per heavy atom. The molecule has 2 aromatic rings. The van der Waals surface area contributed by atoms with Gasteiger partial charge in [-0.1, -0.05) is 52.8 Å². The molecular formula is C50H74N6O4S2. The fraction of sp³-hybridized carbons (Fsp3) is 0.760. The Morgan fingerprint density at radius 1 is 1.02 bits per heavy atom. The number of fused-ring (bicyclic) bond motifs is 8. The minimum absolute atomic E-state index is 0.0472. The first-order valence-corrected chi connectivity index (χ1v) is 26.9. The number of nitrogens with zero attached hydrogens (tertiary/aromatic N) is 2. The molecule has 1 spiro atoms. The van der Waals surface area contributed by atoms with Crippen LogP contribution in [0.4, 0.5) is 0 Å². The first kappa shape index (κ1) is 43.5. The highest BCUT2D eigenvalue weighted by atomic mass is 33.1. The molecule has 3 heterocycles. The minimum Gasteiger partial charge on any atom is -0.471 e. The summed E-state index contributed by atoms with van der Waals surface area (Å²) in [6.45, 7) is 10.0. The number of aliphatic hydroxyl groups is 2. The van der Waals surface area contributed by atoms with Crippen LogP contribution in [0.5, 0.6) is 0 Å². The van der Waals surface area contributed by atoms with Crippen LogP contribution in [0.15, 0.2) is 51.2 Å². The number of guanidine groups is 2. The Kier molecular flexibility index (Phi) is 12.0. The maximum atomic E-state index is 11.4. The number of epoxide rings is 1. The van der Waals surface area contributed by atoms with Gasteiger partial charge in [0.15, 0.2) is 11.9 Å². The van der Waals surface area contributed by atoms with Crippen LogP contribution >= 0.6 is 21.6 Å². The molecule has 62 heavy (non-hydrogen) atoms. The van der Waals surface area contributed by atoms with Crippen molar-refractivity contribution in [3.63, 3.8) is 0 Å². The Hall–Kier alpha value is -2.38. The number of aliphatic imine (C=N–C) groups is 2. The highest BCUT2D eigenvalue weighted by Gasteiger charge is 2.67. The Morgan fingerprint density at radius 3 is 2.76 bits per heavy atom. The number of hydrogen-bond donors (Lipinski definition) is 6. The van der Waals surface area contributed by atoms with Crippen LogP contribution in [0.3, 0.4) is 0 Å². The van der Waals surface area contributed by atoms with Crippen molar-refractivity contribution in [2.75, 3.05) is 18.7 Å². The van der Waals surface area contributed by atoms with E-state index in [1.54, 1.807) is 0 Å². The molecule has 7 N–H and O–H groups in total. The average molecular weight is 887 g/mol. The first-order valence-electron chi connectivity index (χ1n) is 24.4. The molecule has 340 valence electrons. The number of allylic oxidation sites excluding steroid dienone is 1. The SMILES string of the molecule is C=C1C[C@@]2(CC[C@@H](CC[C@]3(O)CCC[C@@H](O)C3)C2)[C@@H]2O[C@]2(C)CC[C@@H]2[C@@H]1C[C@]2(C)[C@@H]1C[C@@H]2C[C@H]1CSSCNC(=NC)N[C@@H]2N=C(N)N[C@@H]1CCCc2ccc3cocc3c2C1. The van der Waals surface area contributed by atoms with Crippen molar-refractivity contribution in [1.29, 1.82) is 0 Å². The van der Waals surface area contributed by atoms with Crippen molar-refractivity contribution < 1.29 is 19.4 Å². The van der Waals surface area contributed by atoms with Gasteiger partial charge < -0.3 is 41.1 Å². The van der Waals surface area contributed by atoms with Crippen LogP contribution in [-0.4, -0.2) is 76.4 Å². The summed E-state index contributed by atoms with van der Waals surface area (Å²) in [4.78, 5) is 9.96. The largest absolute Gasteiger partial charge is 0.471 e. The number of rotatable bonds is 6. The molecule has 1 aromatic carbocycles. The molecule has 5 saturated carbocycles. The van der Waals surface area contributed by atoms with E-state index < -0.39 is 5.60 Å². The summed E-state index contributed by atoms with van der Waals surface area (Å²) in [6, 6.07) is 4.67. The summed E-state index contributed by atoms with van der Waals surface area (Å²) in [5, 5.41) is 35.1. The fourth-order valence-corrected chi connectivity index (χ4v) is 17.2. The Labute approximate surface area is 378 Å². The third-order valence-electron chi connectivity index (χ3n) is 18.2. The minimum atomic E-state index is -0.694. The molecular weight excluding hydrogens is 813 g/mol. The molecule has 14 atom stereocenters. The molecule has 0 radical (unpaired) electrons. The zero-order chi connectivity index (χ0) is 42.9. The highest BCUT2D eigenvalue weighted by molar-refractivity contribution is 8.76. The van der Waals surface area contributed by atoms with Gasteiger partial charge in [-0.05, 0) is 169 Å². The van der Waals surface area contributed by atoms with Gasteiger partial charge in [0.1, 0.15) is 6.17 Å². The molecule has 10 rings (SSSR count). The predicted octanol–water partition coefficient (Wildman–Crippen LogP) is 8.84. The summed E-state index contributed by atoms with van der Waals surface area (Å²) < 4.78 is 12.5. The van der Waals surface area contributed by atoms with E-state index >= 15 is 0 Å². The molecule has 8 aliphatic rings. The first-order chi connectivity index (χ1) is 29.9. The summed E-state index contributed by atoms with van der Waals surface area (Å²) in [5.74, 6) is 6.59. The quantitative estimate of drug-likeness (QED) is 0.0415. The van der Waals surface area contributed by atoms with E-state index in [0.29, 0.717) is 54.0 Å². The van der Waals surface area contributed by atoms with Crippen LogP contribution in [0.1, 0.15) is 134 Å². The maximum absolute atomic E-state index is 11.4. The predicted molar refractivity (Wildman–Crippen MR) is 254 cm³/mol. The van der Waals surface area contributed by atoms with Gasteiger partial charge in [-0.25, -0.2) is 4.99 Å². The molecule has 2 bridgehead atoms. The smallest absolute Gasteiger partial charge is 0.193 e. The lowest BCUT2D eigenvalue weighted by molar-refractivity contribution is -0.0805. The molecule has 6 aliphatic carbocycles. The Balaban J connectivity index is 0.846. The topological polar surface area (TPSA) is 153 Å². The van der Waals surface area contributed by atoms with Crippen LogP contribution in [0, 0.1) is 46.3 Å². The van der Waals surface area contributed by atoms with Gasteiger partial charge in [-0.2, -0.15) is 0 Å². The molecule has 10 nitrogen and oxygen atoms in total. The number of hydrogen-bond acceptors (Lipinski definition) is 8. The normalized spacial score (nSPS) is 44.3. The summed E-state index contributed by atoms with van der Waals surface area (Å²) in [5.41, 5.74) is 10.9. The van der Waals surface area contributed by atoms with E-state index in [9.17, 15) is 10.2 Å². The van der Waals surface area contributed by atoms with E-state index in [2.05, 4.69) is 46.9 Å². The molecule has 1 aromatic heterocycles. The van der Waals surface area contributed by atoms with Gasteiger partial charge in [0, 0.05) is 47.4 Å². The van der Waals surface area contributed by atoms with E-state index in [-0.39, 0.29) is 34.7 Å². The lowest BCUT2D eigenvalue weighted by atomic mass is 9.45. The number of aliphatic hydroxyl groups excluding tert-OH is 1.